The summed E-state index contributed by atoms with van der Waals surface area (Å²) in [5.41, 5.74) is 29.8. The van der Waals surface area contributed by atoms with E-state index in [9.17, 15) is 48.9 Å². The number of amides is 12. The van der Waals surface area contributed by atoms with Crippen LogP contribution in [0.1, 0.15) is 82.4 Å². The lowest BCUT2D eigenvalue weighted by molar-refractivity contribution is -0.146. The number of carbonyl (C=O) groups is 15. The predicted octanol–water partition coefficient (Wildman–Crippen LogP) is -1.86. The minimum absolute atomic E-state index is 0.000597. The molecule has 0 bridgehead atoms. The number of carboxylic acid groups (broad SMARTS) is 3. The van der Waals surface area contributed by atoms with E-state index in [1.807, 2.05) is 36.4 Å². The van der Waals surface area contributed by atoms with Crippen molar-refractivity contribution in [3.05, 3.63) is 210 Å². The van der Waals surface area contributed by atoms with Crippen molar-refractivity contribution in [1.29, 1.82) is 10.8 Å². The highest BCUT2D eigenvalue weighted by Gasteiger charge is 2.42. The van der Waals surface area contributed by atoms with Gasteiger partial charge in [-0.25, -0.2) is 15.2 Å². The van der Waals surface area contributed by atoms with Gasteiger partial charge in [-0.3, -0.25) is 103 Å². The minimum Gasteiger partial charge on any atom is -0.480 e. The van der Waals surface area contributed by atoms with Crippen LogP contribution in [0.5, 0.6) is 0 Å². The Morgan fingerprint density at radius 3 is 1.34 bits per heavy atom. The summed E-state index contributed by atoms with van der Waals surface area (Å²) in [7, 11) is 1.26. The maximum Gasteiger partial charge on any atom is 0.331 e. The van der Waals surface area contributed by atoms with E-state index in [0.717, 1.165) is 15.8 Å². The average Bonchev–Trinajstić information content (AvgIpc) is 1.65. The molecular weight excluding hydrogens is 1810 g/mol. The molecule has 0 radical (unpaired) electrons. The number of hydrogen-bond acceptors (Lipinski definition) is 23. The molecule has 0 unspecified atom stereocenters. The molecule has 744 valence electrons. The Bertz CT molecular complexity index is 5850. The molecule has 0 spiro atoms. The number of guanidine groups is 2. The van der Waals surface area contributed by atoms with Gasteiger partial charge in [0.1, 0.15) is 54.4 Å². The van der Waals surface area contributed by atoms with Gasteiger partial charge in [0.25, 0.3) is 5.91 Å². The molecule has 6 aromatic carbocycles. The number of nitrogens with zero attached hydrogens (tertiary/aromatic N) is 7. The van der Waals surface area contributed by atoms with Crippen LogP contribution in [-0.2, 0) is 94.4 Å². The molecule has 9 aromatic rings. The van der Waals surface area contributed by atoms with Gasteiger partial charge in [0.15, 0.2) is 17.7 Å². The fourth-order valence-electron chi connectivity index (χ4n) is 17.0. The number of benzene rings is 6. The number of H-pyrrole nitrogens is 3. The molecule has 45 heteroatoms. The van der Waals surface area contributed by atoms with Crippen molar-refractivity contribution in [3.8, 4) is 0 Å². The number of fused-ring (bicyclic) bond motifs is 3. The fraction of sp³-hybridized carbons (Fsp3) is 0.389. The summed E-state index contributed by atoms with van der Waals surface area (Å²) in [5, 5.41) is 76.9. The molecule has 0 saturated carbocycles. The molecule has 3 aromatic heterocycles. The zero-order chi connectivity index (χ0) is 100. The van der Waals surface area contributed by atoms with E-state index in [4.69, 9.17) is 33.8 Å². The van der Waals surface area contributed by atoms with Crippen LogP contribution in [0.4, 0.5) is 4.79 Å². The van der Waals surface area contributed by atoms with E-state index in [0.29, 0.717) is 61.6 Å². The van der Waals surface area contributed by atoms with Gasteiger partial charge in [-0.05, 0) is 83.7 Å². The number of rotatable bonds is 46. The third-order valence-corrected chi connectivity index (χ3v) is 24.2. The Balaban J connectivity index is 0.857. The van der Waals surface area contributed by atoms with Crippen LogP contribution in [0.3, 0.4) is 0 Å². The Hall–Kier alpha value is -15.7. The van der Waals surface area contributed by atoms with Crippen molar-refractivity contribution in [2.24, 2.45) is 22.9 Å². The third kappa shape index (κ3) is 31.4. The Morgan fingerprint density at radius 2 is 0.864 bits per heavy atom. The average molecular weight is 1930 g/mol. The first kappa shape index (κ1) is 105. The normalized spacial score (nSPS) is 15.7. The fourth-order valence-corrected chi connectivity index (χ4v) is 17.0. The van der Waals surface area contributed by atoms with Crippen molar-refractivity contribution in [3.63, 3.8) is 0 Å². The van der Waals surface area contributed by atoms with Crippen LogP contribution in [0.15, 0.2) is 171 Å². The van der Waals surface area contributed by atoms with E-state index in [1.165, 1.54) is 24.5 Å². The molecule has 0 aliphatic carbocycles. The topological polar surface area (TPSA) is 681 Å². The molecule has 2 aliphatic rings. The molecule has 5 heterocycles. The predicted molar refractivity (Wildman–Crippen MR) is 516 cm³/mol. The second-order valence-electron chi connectivity index (χ2n) is 34.5. The molecule has 45 nitrogen and oxygen atoms in total. The summed E-state index contributed by atoms with van der Waals surface area (Å²) in [6.07, 6.45) is 4.76. The van der Waals surface area contributed by atoms with Crippen molar-refractivity contribution >= 4 is 133 Å². The summed E-state index contributed by atoms with van der Waals surface area (Å²) >= 11 is 0. The SMILES string of the molecule is CN(NC(N)=O)C(=O)[C@@H]1CCCN1C(=O)[C@@H](Cc1ccc(C(=O)c2ccccc2)cc1)NC(=O)[C@H](Cc1c[nH]c2ccccc12)NC(=O)[C@@H](CCCNC(=N)N)NC(=O)[C@H](Cc1cnc[nH]1)NC(=O)[C@H](CN)NC(=O)[C@H](Cc1c[nH]c2ccccc12)NC(=O)[C@H](CCCNC(=N)N)NC(=O)[C@H](Cc1ccc2ccccc2c1)NC(=O)CN1CCN(CC(=O)O)CCN(CC(=O)O)CCN(CC(=O)O)CC1. The number of imidazole rings is 1. The maximum atomic E-state index is 15.6. The number of hydrogen-bond donors (Lipinski definition) is 23. The highest BCUT2D eigenvalue weighted by atomic mass is 16.4. The van der Waals surface area contributed by atoms with E-state index in [1.54, 1.807) is 141 Å². The maximum absolute atomic E-state index is 15.6. The number of aliphatic carboxylic acids is 3. The summed E-state index contributed by atoms with van der Waals surface area (Å²) < 4.78 is 0. The van der Waals surface area contributed by atoms with Gasteiger partial charge in [-0.1, -0.05) is 133 Å². The Kier molecular flexibility index (Phi) is 38.5. The van der Waals surface area contributed by atoms with E-state index >= 15 is 38.4 Å². The molecule has 2 fully saturated rings. The first-order chi connectivity index (χ1) is 67.2. The molecule has 2 aliphatic heterocycles. The molecule has 140 heavy (non-hydrogen) atoms. The van der Waals surface area contributed by atoms with E-state index < -0.39 is 175 Å². The number of aromatic amines is 3. The van der Waals surface area contributed by atoms with Gasteiger partial charge >= 0.3 is 23.9 Å². The largest absolute Gasteiger partial charge is 0.480 e. The lowest BCUT2D eigenvalue weighted by Crippen LogP contribution is -2.62. The number of carboxylic acids is 3. The molecule has 11 rings (SSSR count). The quantitative estimate of drug-likeness (QED) is 0.00654. The molecule has 2 saturated heterocycles. The zero-order valence-corrected chi connectivity index (χ0v) is 77.4. The molecule has 9 atom stereocenters. The van der Waals surface area contributed by atoms with Crippen LogP contribution < -0.4 is 81.5 Å². The summed E-state index contributed by atoms with van der Waals surface area (Å²) in [6.45, 7) is -1.65. The third-order valence-electron chi connectivity index (χ3n) is 24.2. The van der Waals surface area contributed by atoms with Crippen LogP contribution in [0.25, 0.3) is 32.6 Å². The first-order valence-electron chi connectivity index (χ1n) is 45.9. The van der Waals surface area contributed by atoms with Crippen molar-refractivity contribution in [1.82, 2.24) is 108 Å². The molecular formula is C95H121N27O18. The minimum atomic E-state index is -1.73. The summed E-state index contributed by atoms with van der Waals surface area (Å²) in [4.78, 5) is 235. The van der Waals surface area contributed by atoms with Gasteiger partial charge in [0, 0.05) is 175 Å². The number of carbonyl (C=O) groups excluding carboxylic acids is 12. The number of hydrazine groups is 1. The number of aromatic nitrogens is 4. The number of para-hydroxylation sites is 2. The van der Waals surface area contributed by atoms with Crippen LogP contribution in [0, 0.1) is 10.8 Å². The lowest BCUT2D eigenvalue weighted by Gasteiger charge is -2.33. The summed E-state index contributed by atoms with van der Waals surface area (Å²) in [6, 6.07) is 27.0. The highest BCUT2D eigenvalue weighted by molar-refractivity contribution is 6.09. The van der Waals surface area contributed by atoms with Gasteiger partial charge in [-0.2, -0.15) is 0 Å². The number of nitrogens with one attached hydrogen (secondary N) is 16. The number of likely N-dealkylation sites (tertiary alicyclic amines) is 1. The lowest BCUT2D eigenvalue weighted by atomic mass is 9.98. The number of primary amides is 1. The van der Waals surface area contributed by atoms with Gasteiger partial charge in [0.05, 0.1) is 32.5 Å². The standard InChI is InChI=1S/C95H121N27O18/c1-117(116-95(101)140)92(139)78-24-13-33-122(78)91(138)76(43-57-25-29-61(30-26-57)83(130)60-15-3-2-4-16-60)114-87(134)73(45-63-49-105-68-20-9-7-18-66(63)68)111-85(132)71(23-12-32-104-94(99)100)110-89(136)75(47-65-51-102-56-107-65)113-90(137)77(48-96)115-88(135)74(46-64-50-106-69-21-10-8-19-67(64)69)112-84(131)70(22-11-31-103-93(97)98)109-86(133)72(44-58-27-28-59-14-5-6-17-62(59)42-58)108-79(123)52-118-34-36-119(53-80(124)125)38-40-121(55-82(128)129)41-39-120(37-35-118)54-81(126)127/h2-10,14-21,25-30,42,49-51,56,70-78,105-106H,11-13,22-24,31-41,43-48,52-55,96H2,1H3,(H,102,107)(H,108,123)(H,109,133)(H,110,136)(H,111,132)(H,112,131)(H,113,137)(H,114,134)(H,115,135)(H,124,125)(H,126,127)(H,128,129)(H4,97,98,103)(H4,99,100,104)(H3,101,116,140)/t70-,71+,72-,73-,74-,75-,76+,77-,78-/m0/s1. The van der Waals surface area contributed by atoms with Gasteiger partial charge in [0.2, 0.25) is 53.2 Å². The van der Waals surface area contributed by atoms with Crippen molar-refractivity contribution < 1.29 is 87.2 Å². The number of likely N-dealkylation sites (N-methyl/N-ethyl adjacent to an activating group) is 1. The van der Waals surface area contributed by atoms with Crippen LogP contribution >= 0.6 is 0 Å². The van der Waals surface area contributed by atoms with E-state index in [-0.39, 0.29) is 154 Å². The second kappa shape index (κ2) is 51.4. The highest BCUT2D eigenvalue weighted by Crippen LogP contribution is 2.26. The number of nitrogens with two attached hydrogens (primary N) is 4. The van der Waals surface area contributed by atoms with Gasteiger partial charge < -0.3 is 111 Å². The first-order valence-corrected chi connectivity index (χ1v) is 45.9. The molecule has 27 N–H and O–H groups in total. The van der Waals surface area contributed by atoms with Crippen LogP contribution in [-0.4, -0.2) is 332 Å². The zero-order valence-electron chi connectivity index (χ0n) is 77.4. The van der Waals surface area contributed by atoms with Crippen LogP contribution in [0.2, 0.25) is 0 Å². The Morgan fingerprint density at radius 1 is 0.450 bits per heavy atom. The molecule has 12 amide bonds. The van der Waals surface area contributed by atoms with E-state index in [2.05, 4.69) is 78.5 Å². The second-order valence-corrected chi connectivity index (χ2v) is 34.5. The summed E-state index contributed by atoms with van der Waals surface area (Å²) in [5.74, 6) is -13.5. The van der Waals surface area contributed by atoms with Crippen molar-refractivity contribution in [2.75, 3.05) is 112 Å². The smallest absolute Gasteiger partial charge is 0.331 e. The van der Waals surface area contributed by atoms with Crippen molar-refractivity contribution in [2.45, 2.75) is 125 Å². The number of urea groups is 1. The monoisotopic (exact) mass is 1930 g/mol. The number of ketones is 1. The Labute approximate surface area is 804 Å². The van der Waals surface area contributed by atoms with Gasteiger partial charge in [-0.15, -0.1) is 0 Å².